The minimum atomic E-state index is -0.411. The van der Waals surface area contributed by atoms with Gasteiger partial charge in [-0.2, -0.15) is 5.10 Å². The van der Waals surface area contributed by atoms with Gasteiger partial charge in [0.25, 0.3) is 0 Å². The maximum Gasteiger partial charge on any atom is 0.248 e. The molecule has 1 saturated heterocycles. The summed E-state index contributed by atoms with van der Waals surface area (Å²) in [4.78, 5) is 12.0. The SMILES string of the molecule is O=C1CC(C2CCOC2)=NN1[C@@H]1CCCC[C@H]1O. The molecule has 0 bridgehead atoms. The molecule has 0 radical (unpaired) electrons. The van der Waals surface area contributed by atoms with E-state index in [2.05, 4.69) is 5.10 Å². The number of aliphatic hydroxyl groups is 1. The largest absolute Gasteiger partial charge is 0.391 e. The predicted molar refractivity (Wildman–Crippen MR) is 66.1 cm³/mol. The van der Waals surface area contributed by atoms with E-state index in [0.717, 1.165) is 44.4 Å². The Kier molecular flexibility index (Phi) is 3.35. The summed E-state index contributed by atoms with van der Waals surface area (Å²) in [5, 5.41) is 16.0. The molecular formula is C13H20N2O3. The van der Waals surface area contributed by atoms with Crippen molar-refractivity contribution in [2.24, 2.45) is 11.0 Å². The molecule has 2 heterocycles. The van der Waals surface area contributed by atoms with Crippen molar-refractivity contribution < 1.29 is 14.6 Å². The van der Waals surface area contributed by atoms with E-state index in [-0.39, 0.29) is 11.9 Å². The van der Waals surface area contributed by atoms with Gasteiger partial charge < -0.3 is 9.84 Å². The molecule has 1 amide bonds. The highest BCUT2D eigenvalue weighted by molar-refractivity contribution is 6.06. The van der Waals surface area contributed by atoms with Gasteiger partial charge in [-0.1, -0.05) is 12.8 Å². The molecule has 1 aliphatic carbocycles. The van der Waals surface area contributed by atoms with E-state index in [1.54, 1.807) is 5.01 Å². The fourth-order valence-electron chi connectivity index (χ4n) is 3.12. The van der Waals surface area contributed by atoms with Crippen molar-refractivity contribution >= 4 is 11.6 Å². The van der Waals surface area contributed by atoms with Gasteiger partial charge in [-0.3, -0.25) is 4.79 Å². The lowest BCUT2D eigenvalue weighted by molar-refractivity contribution is -0.134. The average Bonchev–Trinajstić information content (AvgIpc) is 2.99. The molecule has 5 nitrogen and oxygen atoms in total. The topological polar surface area (TPSA) is 62.1 Å². The highest BCUT2D eigenvalue weighted by atomic mass is 16.5. The van der Waals surface area contributed by atoms with Gasteiger partial charge in [-0.25, -0.2) is 5.01 Å². The first kappa shape index (κ1) is 12.1. The lowest BCUT2D eigenvalue weighted by Crippen LogP contribution is -2.43. The summed E-state index contributed by atoms with van der Waals surface area (Å²) in [6.45, 7) is 1.46. The second-order valence-electron chi connectivity index (χ2n) is 5.49. The number of hydrogen-bond acceptors (Lipinski definition) is 4. The average molecular weight is 252 g/mol. The number of amides is 1. The number of hydrogen-bond donors (Lipinski definition) is 1. The monoisotopic (exact) mass is 252 g/mol. The predicted octanol–water partition coefficient (Wildman–Crippen LogP) is 0.915. The van der Waals surface area contributed by atoms with Crippen molar-refractivity contribution in [3.63, 3.8) is 0 Å². The van der Waals surface area contributed by atoms with E-state index < -0.39 is 6.10 Å². The minimum Gasteiger partial charge on any atom is -0.391 e. The Bertz CT molecular complexity index is 363. The lowest BCUT2D eigenvalue weighted by Gasteiger charge is -2.32. The zero-order chi connectivity index (χ0) is 12.5. The Labute approximate surface area is 107 Å². The van der Waals surface area contributed by atoms with Crippen molar-refractivity contribution in [3.8, 4) is 0 Å². The van der Waals surface area contributed by atoms with Gasteiger partial charge in [0.05, 0.1) is 30.9 Å². The summed E-state index contributed by atoms with van der Waals surface area (Å²) in [5.74, 6) is 0.350. The second-order valence-corrected chi connectivity index (χ2v) is 5.49. The standard InChI is InChI=1S/C13H20N2O3/c16-12-4-2-1-3-11(12)15-13(17)7-10(14-15)9-5-6-18-8-9/h9,11-12,16H,1-8H2/t9?,11-,12-/m1/s1. The molecule has 3 rings (SSSR count). The molecule has 100 valence electrons. The first-order valence-corrected chi connectivity index (χ1v) is 6.91. The summed E-state index contributed by atoms with van der Waals surface area (Å²) in [6, 6.07) is -0.105. The maximum atomic E-state index is 12.0. The van der Waals surface area contributed by atoms with Crippen LogP contribution >= 0.6 is 0 Å². The number of carbonyl (C=O) groups is 1. The Hall–Kier alpha value is -0.940. The van der Waals surface area contributed by atoms with E-state index in [0.29, 0.717) is 18.9 Å². The Morgan fingerprint density at radius 3 is 2.83 bits per heavy atom. The molecule has 1 unspecified atom stereocenters. The van der Waals surface area contributed by atoms with Crippen LogP contribution in [-0.2, 0) is 9.53 Å². The van der Waals surface area contributed by atoms with E-state index in [4.69, 9.17) is 4.74 Å². The van der Waals surface area contributed by atoms with Crippen LogP contribution < -0.4 is 0 Å². The highest BCUT2D eigenvalue weighted by Gasteiger charge is 2.38. The summed E-state index contributed by atoms with van der Waals surface area (Å²) in [6.07, 6.45) is 4.74. The Morgan fingerprint density at radius 2 is 2.11 bits per heavy atom. The van der Waals surface area contributed by atoms with Crippen LogP contribution in [0.1, 0.15) is 38.5 Å². The van der Waals surface area contributed by atoms with Crippen molar-refractivity contribution in [1.82, 2.24) is 5.01 Å². The molecule has 3 atom stereocenters. The number of ether oxygens (including phenoxy) is 1. The Balaban J connectivity index is 1.73. The molecule has 0 aromatic carbocycles. The third-order valence-corrected chi connectivity index (χ3v) is 4.23. The lowest BCUT2D eigenvalue weighted by atomic mass is 9.92. The van der Waals surface area contributed by atoms with E-state index in [1.807, 2.05) is 0 Å². The highest BCUT2D eigenvalue weighted by Crippen LogP contribution is 2.29. The van der Waals surface area contributed by atoms with Crippen LogP contribution in [0.5, 0.6) is 0 Å². The van der Waals surface area contributed by atoms with Crippen LogP contribution in [0.2, 0.25) is 0 Å². The summed E-state index contributed by atoms with van der Waals surface area (Å²) in [5.41, 5.74) is 0.954. The van der Waals surface area contributed by atoms with Crippen molar-refractivity contribution in [1.29, 1.82) is 0 Å². The number of aliphatic hydroxyl groups excluding tert-OH is 1. The van der Waals surface area contributed by atoms with E-state index in [9.17, 15) is 9.90 Å². The third-order valence-electron chi connectivity index (χ3n) is 4.23. The van der Waals surface area contributed by atoms with Gasteiger partial charge in [-0.15, -0.1) is 0 Å². The molecule has 0 aromatic rings. The van der Waals surface area contributed by atoms with Gasteiger partial charge >= 0.3 is 0 Å². The van der Waals surface area contributed by atoms with Gasteiger partial charge in [-0.05, 0) is 19.3 Å². The van der Waals surface area contributed by atoms with Crippen molar-refractivity contribution in [2.45, 2.75) is 50.7 Å². The molecule has 5 heteroatoms. The van der Waals surface area contributed by atoms with Crippen molar-refractivity contribution in [2.75, 3.05) is 13.2 Å². The zero-order valence-electron chi connectivity index (χ0n) is 10.5. The van der Waals surface area contributed by atoms with E-state index in [1.165, 1.54) is 0 Å². The van der Waals surface area contributed by atoms with Crippen LogP contribution in [0.25, 0.3) is 0 Å². The number of hydrazone groups is 1. The number of carbonyl (C=O) groups excluding carboxylic acids is 1. The normalized spacial score (nSPS) is 37.2. The molecule has 0 aromatic heterocycles. The molecule has 0 spiro atoms. The molecule has 3 aliphatic rings. The first-order valence-electron chi connectivity index (χ1n) is 6.91. The maximum absolute atomic E-state index is 12.0. The van der Waals surface area contributed by atoms with E-state index >= 15 is 0 Å². The fourth-order valence-corrected chi connectivity index (χ4v) is 3.12. The first-order chi connectivity index (χ1) is 8.75. The van der Waals surface area contributed by atoms with Gasteiger partial charge in [0.1, 0.15) is 0 Å². The van der Waals surface area contributed by atoms with Crippen LogP contribution in [-0.4, -0.2) is 47.1 Å². The molecular weight excluding hydrogens is 232 g/mol. The molecule has 1 saturated carbocycles. The zero-order valence-corrected chi connectivity index (χ0v) is 10.5. The molecule has 2 fully saturated rings. The van der Waals surface area contributed by atoms with Gasteiger partial charge in [0, 0.05) is 12.5 Å². The van der Waals surface area contributed by atoms with Crippen LogP contribution in [0.3, 0.4) is 0 Å². The quantitative estimate of drug-likeness (QED) is 0.794. The van der Waals surface area contributed by atoms with Crippen molar-refractivity contribution in [3.05, 3.63) is 0 Å². The van der Waals surface area contributed by atoms with Gasteiger partial charge in [0.15, 0.2) is 0 Å². The second kappa shape index (κ2) is 4.97. The van der Waals surface area contributed by atoms with Crippen LogP contribution in [0.15, 0.2) is 5.10 Å². The summed E-state index contributed by atoms with van der Waals surface area (Å²) in [7, 11) is 0. The smallest absolute Gasteiger partial charge is 0.248 e. The summed E-state index contributed by atoms with van der Waals surface area (Å²) < 4.78 is 5.35. The summed E-state index contributed by atoms with van der Waals surface area (Å²) >= 11 is 0. The molecule has 1 N–H and O–H groups in total. The van der Waals surface area contributed by atoms with Gasteiger partial charge in [0.2, 0.25) is 5.91 Å². The Morgan fingerprint density at radius 1 is 1.28 bits per heavy atom. The number of rotatable bonds is 2. The fraction of sp³-hybridized carbons (Fsp3) is 0.846. The molecule has 2 aliphatic heterocycles. The minimum absolute atomic E-state index is 0.0443. The third kappa shape index (κ3) is 2.17. The van der Waals surface area contributed by atoms with Crippen LogP contribution in [0, 0.1) is 5.92 Å². The molecule has 18 heavy (non-hydrogen) atoms. The van der Waals surface area contributed by atoms with Crippen LogP contribution in [0.4, 0.5) is 0 Å². The number of nitrogens with zero attached hydrogens (tertiary/aromatic N) is 2.